The quantitative estimate of drug-likeness (QED) is 0.336. The summed E-state index contributed by atoms with van der Waals surface area (Å²) in [7, 11) is 0. The third-order valence-electron chi connectivity index (χ3n) is 4.06. The van der Waals surface area contributed by atoms with Crippen molar-refractivity contribution in [2.24, 2.45) is 5.10 Å². The van der Waals surface area contributed by atoms with Gasteiger partial charge in [-0.05, 0) is 22.9 Å². The van der Waals surface area contributed by atoms with Crippen molar-refractivity contribution in [2.45, 2.75) is 0 Å². The molecule has 0 fully saturated rings. The minimum Gasteiger partial charge on any atom is -0.507 e. The van der Waals surface area contributed by atoms with E-state index in [4.69, 9.17) is 0 Å². The molecule has 3 N–H and O–H groups in total. The van der Waals surface area contributed by atoms with E-state index in [1.807, 2.05) is 30.3 Å². The third-order valence-corrected chi connectivity index (χ3v) is 4.06. The predicted molar refractivity (Wildman–Crippen MR) is 107 cm³/mol. The van der Waals surface area contributed by atoms with E-state index in [1.54, 1.807) is 12.1 Å². The first-order valence-corrected chi connectivity index (χ1v) is 8.51. The Balaban J connectivity index is 1.59. The van der Waals surface area contributed by atoms with E-state index in [-0.39, 0.29) is 23.5 Å². The number of phenols is 1. The molecule has 0 bridgehead atoms. The molecule has 146 valence electrons. The Hall–Kier alpha value is -4.27. The Morgan fingerprint density at radius 1 is 1.10 bits per heavy atom. The lowest BCUT2D eigenvalue weighted by molar-refractivity contribution is -0.384. The van der Waals surface area contributed by atoms with Crippen LogP contribution in [-0.2, 0) is 4.79 Å². The molecule has 3 aromatic carbocycles. The standard InChI is InChI=1S/C20H16N4O5/c25-18-9-8-15(24(28)29)10-14(18)11-22-23-19(26)12-21-20(27)17-7-3-5-13-4-1-2-6-16(13)17/h1-11,25H,12H2,(H,21,27)(H,23,26). The van der Waals surface area contributed by atoms with Crippen molar-refractivity contribution in [1.82, 2.24) is 10.7 Å². The van der Waals surface area contributed by atoms with Gasteiger partial charge >= 0.3 is 0 Å². The number of nitro benzene ring substituents is 1. The number of hydrogen-bond acceptors (Lipinski definition) is 6. The number of aromatic hydroxyl groups is 1. The highest BCUT2D eigenvalue weighted by Crippen LogP contribution is 2.21. The van der Waals surface area contributed by atoms with Crippen molar-refractivity contribution >= 4 is 34.5 Å². The van der Waals surface area contributed by atoms with Gasteiger partial charge in [-0.2, -0.15) is 5.10 Å². The molecule has 0 spiro atoms. The van der Waals surface area contributed by atoms with Gasteiger partial charge in [0.25, 0.3) is 17.5 Å². The molecule has 0 heterocycles. The van der Waals surface area contributed by atoms with Gasteiger partial charge in [0.2, 0.25) is 0 Å². The molecule has 3 aromatic rings. The maximum atomic E-state index is 12.4. The lowest BCUT2D eigenvalue weighted by Crippen LogP contribution is -2.35. The summed E-state index contributed by atoms with van der Waals surface area (Å²) in [6, 6.07) is 16.1. The summed E-state index contributed by atoms with van der Waals surface area (Å²) >= 11 is 0. The number of fused-ring (bicyclic) bond motifs is 1. The third kappa shape index (κ3) is 4.72. The van der Waals surface area contributed by atoms with Crippen molar-refractivity contribution in [2.75, 3.05) is 6.54 Å². The van der Waals surface area contributed by atoms with E-state index >= 15 is 0 Å². The molecule has 0 aromatic heterocycles. The van der Waals surface area contributed by atoms with Crippen LogP contribution in [0.4, 0.5) is 5.69 Å². The van der Waals surface area contributed by atoms with Gasteiger partial charge in [0.1, 0.15) is 5.75 Å². The van der Waals surface area contributed by atoms with E-state index in [0.29, 0.717) is 5.56 Å². The fraction of sp³-hybridized carbons (Fsp3) is 0.0500. The molecule has 2 amide bonds. The van der Waals surface area contributed by atoms with Crippen molar-refractivity contribution < 1.29 is 19.6 Å². The first-order chi connectivity index (χ1) is 14.0. The SMILES string of the molecule is O=C(CNC(=O)c1cccc2ccccc12)NN=Cc1cc([N+](=O)[O-])ccc1O. The van der Waals surface area contributed by atoms with Crippen LogP contribution in [0.5, 0.6) is 5.75 Å². The minimum absolute atomic E-state index is 0.0688. The van der Waals surface area contributed by atoms with Crippen LogP contribution in [0.2, 0.25) is 0 Å². The zero-order valence-corrected chi connectivity index (χ0v) is 15.0. The highest BCUT2D eigenvalue weighted by molar-refractivity contribution is 6.07. The molecule has 0 atom stereocenters. The number of carbonyl (C=O) groups is 2. The molecular weight excluding hydrogens is 376 g/mol. The zero-order chi connectivity index (χ0) is 20.8. The van der Waals surface area contributed by atoms with Crippen LogP contribution in [-0.4, -0.2) is 34.6 Å². The fourth-order valence-electron chi connectivity index (χ4n) is 2.65. The van der Waals surface area contributed by atoms with Gasteiger partial charge in [-0.15, -0.1) is 0 Å². The number of non-ortho nitro benzene ring substituents is 1. The number of hydrazone groups is 1. The number of carbonyl (C=O) groups excluding carboxylic acids is 2. The molecule has 0 radical (unpaired) electrons. The highest BCUT2D eigenvalue weighted by Gasteiger charge is 2.11. The molecule has 0 aliphatic carbocycles. The van der Waals surface area contributed by atoms with Crippen LogP contribution in [0.3, 0.4) is 0 Å². The Morgan fingerprint density at radius 2 is 1.86 bits per heavy atom. The van der Waals surface area contributed by atoms with Crippen LogP contribution in [0.15, 0.2) is 65.8 Å². The maximum absolute atomic E-state index is 12.4. The number of nitrogens with one attached hydrogen (secondary N) is 2. The Bertz CT molecular complexity index is 1120. The average Bonchev–Trinajstić information content (AvgIpc) is 2.72. The van der Waals surface area contributed by atoms with Crippen molar-refractivity contribution in [3.63, 3.8) is 0 Å². The minimum atomic E-state index is -0.613. The topological polar surface area (TPSA) is 134 Å². The molecule has 0 unspecified atom stereocenters. The van der Waals surface area contributed by atoms with Crippen LogP contribution >= 0.6 is 0 Å². The monoisotopic (exact) mass is 392 g/mol. The first-order valence-electron chi connectivity index (χ1n) is 8.51. The Labute approximate surface area is 164 Å². The lowest BCUT2D eigenvalue weighted by Gasteiger charge is -2.07. The summed E-state index contributed by atoms with van der Waals surface area (Å²) in [4.78, 5) is 34.4. The molecular formula is C20H16N4O5. The first kappa shape index (κ1) is 19.5. The van der Waals surface area contributed by atoms with Crippen LogP contribution in [0.1, 0.15) is 15.9 Å². The second-order valence-electron chi connectivity index (χ2n) is 6.00. The number of nitro groups is 1. The predicted octanol–water partition coefficient (Wildman–Crippen LogP) is 2.33. The zero-order valence-electron chi connectivity index (χ0n) is 15.0. The van der Waals surface area contributed by atoms with Crippen LogP contribution < -0.4 is 10.7 Å². The van der Waals surface area contributed by atoms with E-state index in [9.17, 15) is 24.8 Å². The van der Waals surface area contributed by atoms with Crippen molar-refractivity contribution in [3.05, 3.63) is 81.9 Å². The number of rotatable bonds is 6. The highest BCUT2D eigenvalue weighted by atomic mass is 16.6. The van der Waals surface area contributed by atoms with Gasteiger partial charge in [0.15, 0.2) is 0 Å². The Kier molecular flexibility index (Phi) is 5.79. The number of benzene rings is 3. The van der Waals surface area contributed by atoms with E-state index in [2.05, 4.69) is 15.8 Å². The van der Waals surface area contributed by atoms with Crippen LogP contribution in [0.25, 0.3) is 10.8 Å². The van der Waals surface area contributed by atoms with E-state index in [0.717, 1.165) is 35.2 Å². The summed E-state index contributed by atoms with van der Waals surface area (Å²) < 4.78 is 0. The van der Waals surface area contributed by atoms with Crippen LogP contribution in [0, 0.1) is 10.1 Å². The molecule has 0 saturated heterocycles. The second-order valence-corrected chi connectivity index (χ2v) is 6.00. The Morgan fingerprint density at radius 3 is 2.66 bits per heavy atom. The summed E-state index contributed by atoms with van der Waals surface area (Å²) in [5, 5.41) is 28.3. The number of nitrogens with zero attached hydrogens (tertiary/aromatic N) is 2. The molecule has 0 aliphatic rings. The maximum Gasteiger partial charge on any atom is 0.270 e. The molecule has 9 heteroatoms. The summed E-state index contributed by atoms with van der Waals surface area (Å²) in [5.41, 5.74) is 2.48. The summed E-state index contributed by atoms with van der Waals surface area (Å²) in [6.45, 7) is -0.319. The number of phenolic OH excluding ortho intramolecular Hbond substituents is 1. The number of amides is 2. The van der Waals surface area contributed by atoms with E-state index < -0.39 is 16.7 Å². The largest absolute Gasteiger partial charge is 0.507 e. The van der Waals surface area contributed by atoms with Gasteiger partial charge < -0.3 is 10.4 Å². The van der Waals surface area contributed by atoms with E-state index in [1.165, 1.54) is 0 Å². The fourth-order valence-corrected chi connectivity index (χ4v) is 2.65. The van der Waals surface area contributed by atoms with Gasteiger partial charge in [-0.25, -0.2) is 5.43 Å². The summed E-state index contributed by atoms with van der Waals surface area (Å²) in [5.74, 6) is -1.23. The molecule has 29 heavy (non-hydrogen) atoms. The van der Waals surface area contributed by atoms with Crippen molar-refractivity contribution in [1.29, 1.82) is 0 Å². The van der Waals surface area contributed by atoms with Gasteiger partial charge in [-0.1, -0.05) is 36.4 Å². The summed E-state index contributed by atoms with van der Waals surface area (Å²) in [6.07, 6.45) is 1.08. The second kappa shape index (κ2) is 8.61. The molecule has 0 saturated carbocycles. The average molecular weight is 392 g/mol. The normalized spacial score (nSPS) is 10.8. The van der Waals surface area contributed by atoms with Crippen molar-refractivity contribution in [3.8, 4) is 5.75 Å². The lowest BCUT2D eigenvalue weighted by atomic mass is 10.0. The van der Waals surface area contributed by atoms with Gasteiger partial charge in [0.05, 0.1) is 17.7 Å². The van der Waals surface area contributed by atoms with Gasteiger partial charge in [-0.3, -0.25) is 19.7 Å². The number of hydrogen-bond donors (Lipinski definition) is 3. The molecule has 3 rings (SSSR count). The molecule has 9 nitrogen and oxygen atoms in total. The smallest absolute Gasteiger partial charge is 0.270 e. The van der Waals surface area contributed by atoms with Gasteiger partial charge in [0, 0.05) is 23.3 Å². The molecule has 0 aliphatic heterocycles.